The maximum absolute atomic E-state index is 12.3. The van der Waals surface area contributed by atoms with Gasteiger partial charge in [-0.05, 0) is 36.8 Å². The summed E-state index contributed by atoms with van der Waals surface area (Å²) in [5.41, 5.74) is 7.86. The van der Waals surface area contributed by atoms with Crippen LogP contribution in [0.1, 0.15) is 26.5 Å². The van der Waals surface area contributed by atoms with Gasteiger partial charge in [0.1, 0.15) is 11.4 Å². The number of hydrogen-bond acceptors (Lipinski definition) is 6. The van der Waals surface area contributed by atoms with Gasteiger partial charge in [-0.3, -0.25) is 4.79 Å². The molecule has 2 aromatic heterocycles. The van der Waals surface area contributed by atoms with Gasteiger partial charge in [-0.15, -0.1) is 0 Å². The molecular formula is C17H15N3O4. The summed E-state index contributed by atoms with van der Waals surface area (Å²) < 4.78 is 10.2. The molecule has 7 heteroatoms. The molecule has 0 aliphatic carbocycles. The second-order valence-electron chi connectivity index (χ2n) is 5.22. The van der Waals surface area contributed by atoms with E-state index in [0.29, 0.717) is 22.4 Å². The van der Waals surface area contributed by atoms with Crippen LogP contribution in [0.2, 0.25) is 0 Å². The molecule has 0 spiro atoms. The zero-order valence-electron chi connectivity index (χ0n) is 13.1. The number of esters is 1. The Balaban J connectivity index is 1.94. The number of nitrogens with zero attached hydrogens (tertiary/aromatic N) is 1. The lowest BCUT2D eigenvalue weighted by atomic mass is 10.1. The fraction of sp³-hybridized carbons (Fsp3) is 0.118. The van der Waals surface area contributed by atoms with Crippen molar-refractivity contribution in [2.24, 2.45) is 0 Å². The first-order valence-electron chi connectivity index (χ1n) is 7.14. The van der Waals surface area contributed by atoms with Crippen LogP contribution >= 0.6 is 0 Å². The van der Waals surface area contributed by atoms with Gasteiger partial charge in [-0.25, -0.2) is 9.78 Å². The van der Waals surface area contributed by atoms with Gasteiger partial charge in [0, 0.05) is 11.6 Å². The zero-order valence-corrected chi connectivity index (χ0v) is 13.1. The minimum absolute atomic E-state index is 0.0330. The smallest absolute Gasteiger partial charge is 0.337 e. The average Bonchev–Trinajstić information content (AvgIpc) is 2.92. The molecule has 24 heavy (non-hydrogen) atoms. The summed E-state index contributed by atoms with van der Waals surface area (Å²) in [6.07, 6.45) is 1.64. The highest BCUT2D eigenvalue weighted by atomic mass is 16.5. The molecule has 0 fully saturated rings. The van der Waals surface area contributed by atoms with Gasteiger partial charge in [0.25, 0.3) is 5.91 Å². The minimum Gasteiger partial charge on any atom is -0.465 e. The van der Waals surface area contributed by atoms with E-state index in [0.717, 1.165) is 5.56 Å². The Kier molecular flexibility index (Phi) is 3.91. The highest BCUT2D eigenvalue weighted by Gasteiger charge is 2.20. The number of carbonyl (C=O) groups excluding carboxylic acids is 2. The topological polar surface area (TPSA) is 107 Å². The second kappa shape index (κ2) is 6.04. The minimum atomic E-state index is -0.514. The molecule has 0 aliphatic rings. The molecule has 0 unspecified atom stereocenters. The number of ether oxygens (including phenoxy) is 1. The van der Waals surface area contributed by atoms with Crippen LogP contribution in [-0.4, -0.2) is 24.0 Å². The van der Waals surface area contributed by atoms with Crippen LogP contribution in [-0.2, 0) is 4.74 Å². The number of nitrogens with two attached hydrogens (primary N) is 1. The van der Waals surface area contributed by atoms with Gasteiger partial charge >= 0.3 is 5.97 Å². The lowest BCUT2D eigenvalue weighted by molar-refractivity contribution is 0.0601. The number of hydrogen-bond donors (Lipinski definition) is 2. The maximum Gasteiger partial charge on any atom is 0.337 e. The summed E-state index contributed by atoms with van der Waals surface area (Å²) in [5.74, 6) is -0.651. The van der Waals surface area contributed by atoms with Crippen LogP contribution in [0, 0.1) is 6.92 Å². The second-order valence-corrected chi connectivity index (χ2v) is 5.22. The van der Waals surface area contributed by atoms with Crippen molar-refractivity contribution in [1.29, 1.82) is 0 Å². The van der Waals surface area contributed by atoms with Crippen LogP contribution in [0.4, 0.5) is 11.5 Å². The van der Waals surface area contributed by atoms with Crippen LogP contribution in [0.3, 0.4) is 0 Å². The maximum atomic E-state index is 12.3. The molecule has 7 nitrogen and oxygen atoms in total. The molecule has 3 aromatic rings. The number of anilines is 2. The predicted molar refractivity (Wildman–Crippen MR) is 88.9 cm³/mol. The number of carbonyl (C=O) groups is 2. The van der Waals surface area contributed by atoms with Crippen molar-refractivity contribution in [2.75, 3.05) is 18.2 Å². The summed E-state index contributed by atoms with van der Waals surface area (Å²) in [4.78, 5) is 28.0. The first-order chi connectivity index (χ1) is 11.5. The molecule has 0 aliphatic heterocycles. The number of rotatable bonds is 3. The fourth-order valence-corrected chi connectivity index (χ4v) is 2.25. The molecule has 122 valence electrons. The third-order valence-electron chi connectivity index (χ3n) is 3.51. The largest absolute Gasteiger partial charge is 0.465 e. The Bertz CT molecular complexity index is 929. The van der Waals surface area contributed by atoms with Gasteiger partial charge in [0.05, 0.1) is 18.4 Å². The molecule has 0 saturated heterocycles. The molecular weight excluding hydrogens is 310 g/mol. The monoisotopic (exact) mass is 325 g/mol. The molecule has 2 heterocycles. The van der Waals surface area contributed by atoms with E-state index in [1.807, 2.05) is 13.0 Å². The number of fused-ring (bicyclic) bond motifs is 1. The van der Waals surface area contributed by atoms with Crippen molar-refractivity contribution in [2.45, 2.75) is 6.92 Å². The number of aryl methyl sites for hydroxylation is 1. The quantitative estimate of drug-likeness (QED) is 0.717. The summed E-state index contributed by atoms with van der Waals surface area (Å²) >= 11 is 0. The lowest BCUT2D eigenvalue weighted by Gasteiger charge is -2.02. The van der Waals surface area contributed by atoms with Gasteiger partial charge in [0.2, 0.25) is 5.76 Å². The number of pyridine rings is 1. The summed E-state index contributed by atoms with van der Waals surface area (Å²) in [6.45, 7) is 1.90. The van der Waals surface area contributed by atoms with Crippen molar-refractivity contribution in [1.82, 2.24) is 4.98 Å². The van der Waals surface area contributed by atoms with Gasteiger partial charge in [-0.1, -0.05) is 6.07 Å². The summed E-state index contributed by atoms with van der Waals surface area (Å²) in [6, 6.07) is 8.15. The average molecular weight is 325 g/mol. The number of aromatic nitrogens is 1. The molecule has 0 bridgehead atoms. The third kappa shape index (κ3) is 2.79. The highest BCUT2D eigenvalue weighted by Crippen LogP contribution is 2.30. The normalized spacial score (nSPS) is 10.6. The van der Waals surface area contributed by atoms with E-state index in [9.17, 15) is 9.59 Å². The van der Waals surface area contributed by atoms with Crippen LogP contribution < -0.4 is 11.1 Å². The number of methoxy groups -OCH3 is 1. The van der Waals surface area contributed by atoms with Crippen molar-refractivity contribution in [3.8, 4) is 0 Å². The summed E-state index contributed by atoms with van der Waals surface area (Å²) in [7, 11) is 1.29. The van der Waals surface area contributed by atoms with E-state index in [-0.39, 0.29) is 11.4 Å². The Hall–Kier alpha value is -3.35. The van der Waals surface area contributed by atoms with E-state index in [4.69, 9.17) is 10.2 Å². The van der Waals surface area contributed by atoms with Crippen LogP contribution in [0.15, 0.2) is 40.9 Å². The fourth-order valence-electron chi connectivity index (χ4n) is 2.25. The third-order valence-corrected chi connectivity index (χ3v) is 3.51. The SMILES string of the molecule is COC(=O)c1ccc2oc(C(=O)Nc3ccc(C)cn3)c(N)c2c1. The van der Waals surface area contributed by atoms with Crippen molar-refractivity contribution < 1.29 is 18.7 Å². The lowest BCUT2D eigenvalue weighted by Crippen LogP contribution is -2.13. The predicted octanol–water partition coefficient (Wildman–Crippen LogP) is 2.76. The van der Waals surface area contributed by atoms with E-state index in [1.54, 1.807) is 24.4 Å². The van der Waals surface area contributed by atoms with Gasteiger partial charge in [-0.2, -0.15) is 0 Å². The summed E-state index contributed by atoms with van der Waals surface area (Å²) in [5, 5.41) is 3.09. The standard InChI is InChI=1S/C17H15N3O4/c1-9-3-6-13(19-8-9)20-16(21)15-14(18)11-7-10(17(22)23-2)4-5-12(11)24-15/h3-8H,18H2,1-2H3,(H,19,20,21). The molecule has 3 rings (SSSR count). The number of benzene rings is 1. The van der Waals surface area contributed by atoms with Gasteiger partial charge in [0.15, 0.2) is 0 Å². The van der Waals surface area contributed by atoms with E-state index >= 15 is 0 Å². The number of furan rings is 1. The van der Waals surface area contributed by atoms with E-state index in [2.05, 4.69) is 15.0 Å². The van der Waals surface area contributed by atoms with Crippen LogP contribution in [0.5, 0.6) is 0 Å². The Morgan fingerprint density at radius 2 is 2.04 bits per heavy atom. The number of nitrogen functional groups attached to an aromatic ring is 1. The van der Waals surface area contributed by atoms with E-state index in [1.165, 1.54) is 13.2 Å². The molecule has 1 aromatic carbocycles. The molecule has 1 amide bonds. The number of amides is 1. The van der Waals surface area contributed by atoms with Crippen molar-refractivity contribution in [3.63, 3.8) is 0 Å². The van der Waals surface area contributed by atoms with Crippen LogP contribution in [0.25, 0.3) is 11.0 Å². The Morgan fingerprint density at radius 1 is 1.25 bits per heavy atom. The van der Waals surface area contributed by atoms with Crippen molar-refractivity contribution >= 4 is 34.4 Å². The first kappa shape index (κ1) is 15.5. The molecule has 0 saturated carbocycles. The molecule has 3 N–H and O–H groups in total. The zero-order chi connectivity index (χ0) is 17.3. The Morgan fingerprint density at radius 3 is 2.71 bits per heavy atom. The number of nitrogens with one attached hydrogen (secondary N) is 1. The van der Waals surface area contributed by atoms with Gasteiger partial charge < -0.3 is 20.2 Å². The first-order valence-corrected chi connectivity index (χ1v) is 7.14. The molecule has 0 radical (unpaired) electrons. The highest BCUT2D eigenvalue weighted by molar-refractivity contribution is 6.11. The van der Waals surface area contributed by atoms with E-state index < -0.39 is 11.9 Å². The Labute approximate surface area is 137 Å². The van der Waals surface area contributed by atoms with Crippen molar-refractivity contribution in [3.05, 3.63) is 53.4 Å². The molecule has 0 atom stereocenters.